The second-order valence-electron chi connectivity index (χ2n) is 9.58. The third-order valence-corrected chi connectivity index (χ3v) is 9.25. The zero-order chi connectivity index (χ0) is 25.5. The number of aliphatic imine (C=N–C) groups is 1. The molecular formula is C26H40N4O3S2. The summed E-state index contributed by atoms with van der Waals surface area (Å²) in [6.45, 7) is 4.54. The normalized spacial score (nSPS) is 18.3. The zero-order valence-corrected chi connectivity index (χ0v) is 23.2. The van der Waals surface area contributed by atoms with Crippen LogP contribution in [0.5, 0.6) is 0 Å². The van der Waals surface area contributed by atoms with Gasteiger partial charge in [0.15, 0.2) is 0 Å². The number of unbranched alkanes of at least 4 members (excludes halogenated alkanes) is 4. The molecule has 1 spiro atoms. The summed E-state index contributed by atoms with van der Waals surface area (Å²) >= 11 is 1.89. The van der Waals surface area contributed by atoms with E-state index in [1.165, 1.54) is 34.7 Å². The molecule has 2 N–H and O–H groups in total. The highest BCUT2D eigenvalue weighted by Crippen LogP contribution is 2.32. The van der Waals surface area contributed by atoms with Gasteiger partial charge in [-0.3, -0.25) is 9.79 Å². The van der Waals surface area contributed by atoms with Gasteiger partial charge in [0.25, 0.3) is 5.91 Å². The van der Waals surface area contributed by atoms with E-state index in [9.17, 15) is 13.2 Å². The van der Waals surface area contributed by atoms with Crippen LogP contribution in [-0.4, -0.2) is 62.2 Å². The average Bonchev–Trinajstić information content (AvgIpc) is 3.12. The Morgan fingerprint density at radius 1 is 1.11 bits per heavy atom. The summed E-state index contributed by atoms with van der Waals surface area (Å²) in [4.78, 5) is 17.5. The number of aryl methyl sites for hydroxylation is 2. The van der Waals surface area contributed by atoms with Crippen LogP contribution >= 0.6 is 11.8 Å². The summed E-state index contributed by atoms with van der Waals surface area (Å²) in [7, 11) is -1.71. The highest BCUT2D eigenvalue weighted by atomic mass is 32.2. The maximum Gasteiger partial charge on any atom is 0.253 e. The number of rotatable bonds is 12. The van der Waals surface area contributed by atoms with Crippen molar-refractivity contribution in [2.45, 2.75) is 70.8 Å². The first-order valence-electron chi connectivity index (χ1n) is 12.6. The number of sulfonamides is 1. The van der Waals surface area contributed by atoms with E-state index in [1.807, 2.05) is 44.8 Å². The van der Waals surface area contributed by atoms with Gasteiger partial charge in [-0.2, -0.15) is 16.1 Å². The quantitative estimate of drug-likeness (QED) is 0.390. The molecule has 0 bridgehead atoms. The predicted octanol–water partition coefficient (Wildman–Crippen LogP) is 4.71. The highest BCUT2D eigenvalue weighted by molar-refractivity contribution is 7.98. The molecule has 0 aromatic heterocycles. The van der Waals surface area contributed by atoms with Crippen LogP contribution in [0.15, 0.2) is 22.5 Å². The smallest absolute Gasteiger partial charge is 0.253 e. The fourth-order valence-corrected chi connectivity index (χ4v) is 6.51. The lowest BCUT2D eigenvalue weighted by atomic mass is 9.89. The molecule has 35 heavy (non-hydrogen) atoms. The van der Waals surface area contributed by atoms with Crippen molar-refractivity contribution in [3.63, 3.8) is 0 Å². The van der Waals surface area contributed by atoms with Crippen LogP contribution in [0, 0.1) is 13.8 Å². The van der Waals surface area contributed by atoms with Crippen LogP contribution in [0.25, 0.3) is 6.08 Å². The van der Waals surface area contributed by atoms with E-state index in [0.717, 1.165) is 47.5 Å². The fraction of sp³-hybridized carbons (Fsp3) is 0.615. The molecule has 3 rings (SSSR count). The van der Waals surface area contributed by atoms with Gasteiger partial charge in [0.05, 0.1) is 0 Å². The Hall–Kier alpha value is -1.84. The largest absolute Gasteiger partial charge is 0.388 e. The summed E-state index contributed by atoms with van der Waals surface area (Å²) in [5.74, 6) is 1.92. The van der Waals surface area contributed by atoms with Crippen LogP contribution in [0.4, 0.5) is 5.69 Å². The van der Waals surface area contributed by atoms with E-state index in [2.05, 4.69) is 16.9 Å². The first-order chi connectivity index (χ1) is 16.7. The molecule has 1 fully saturated rings. The Labute approximate surface area is 215 Å². The number of hydrogen-bond donors (Lipinski definition) is 2. The fourth-order valence-electron chi connectivity index (χ4n) is 4.84. The third kappa shape index (κ3) is 7.11. The first-order valence-corrected chi connectivity index (χ1v) is 15.5. The van der Waals surface area contributed by atoms with Crippen molar-refractivity contribution < 1.29 is 13.2 Å². The highest BCUT2D eigenvalue weighted by Gasteiger charge is 2.46. The Morgan fingerprint density at radius 3 is 2.37 bits per heavy atom. The average molecular weight is 521 g/mol. The second kappa shape index (κ2) is 12.4. The molecule has 0 saturated carbocycles. The SMILES string of the molecule is CNc1cc(C)c(/C=C/S(=O)(=O)N2CCC3(CC2)N=C(CCCCCCCSC)NC3=O)c(C)c1. The Kier molecular flexibility index (Phi) is 9.84. The van der Waals surface area contributed by atoms with Gasteiger partial charge in [-0.1, -0.05) is 19.3 Å². The van der Waals surface area contributed by atoms with Crippen LogP contribution in [0.1, 0.15) is 68.1 Å². The minimum Gasteiger partial charge on any atom is -0.388 e. The van der Waals surface area contributed by atoms with E-state index in [-0.39, 0.29) is 5.91 Å². The van der Waals surface area contributed by atoms with Crippen molar-refractivity contribution in [1.29, 1.82) is 0 Å². The number of thioether (sulfide) groups is 1. The summed E-state index contributed by atoms with van der Waals surface area (Å²) in [6.07, 6.45) is 11.3. The van der Waals surface area contributed by atoms with Crippen molar-refractivity contribution in [1.82, 2.24) is 9.62 Å². The number of piperidine rings is 1. The molecule has 0 aliphatic carbocycles. The lowest BCUT2D eigenvalue weighted by Gasteiger charge is -2.34. The number of nitrogens with one attached hydrogen (secondary N) is 2. The van der Waals surface area contributed by atoms with Crippen molar-refractivity contribution in [3.8, 4) is 0 Å². The minimum atomic E-state index is -3.58. The Balaban J connectivity index is 1.55. The van der Waals surface area contributed by atoms with Crippen LogP contribution in [-0.2, 0) is 14.8 Å². The lowest BCUT2D eigenvalue weighted by molar-refractivity contribution is -0.124. The summed E-state index contributed by atoms with van der Waals surface area (Å²) in [6, 6.07) is 4.01. The molecule has 2 aliphatic heterocycles. The predicted molar refractivity (Wildman–Crippen MR) is 149 cm³/mol. The van der Waals surface area contributed by atoms with Crippen molar-refractivity contribution in [2.24, 2.45) is 4.99 Å². The summed E-state index contributed by atoms with van der Waals surface area (Å²) in [5.41, 5.74) is 3.14. The number of benzene rings is 1. The minimum absolute atomic E-state index is 0.0732. The number of hydrogen-bond acceptors (Lipinski definition) is 6. The molecule has 194 valence electrons. The van der Waals surface area contributed by atoms with Gasteiger partial charge in [0, 0.05) is 37.7 Å². The maximum atomic E-state index is 13.0. The van der Waals surface area contributed by atoms with E-state index < -0.39 is 15.6 Å². The number of anilines is 1. The molecular weight excluding hydrogens is 480 g/mol. The number of nitrogens with zero attached hydrogens (tertiary/aromatic N) is 2. The number of amides is 1. The third-order valence-electron chi connectivity index (χ3n) is 6.99. The van der Waals surface area contributed by atoms with Gasteiger partial charge in [0.2, 0.25) is 10.0 Å². The van der Waals surface area contributed by atoms with Crippen LogP contribution in [0.3, 0.4) is 0 Å². The van der Waals surface area contributed by atoms with E-state index in [1.54, 1.807) is 6.08 Å². The molecule has 0 radical (unpaired) electrons. The molecule has 0 unspecified atom stereocenters. The number of carbonyl (C=O) groups is 1. The van der Waals surface area contributed by atoms with E-state index >= 15 is 0 Å². The van der Waals surface area contributed by atoms with Gasteiger partial charge in [-0.15, -0.1) is 0 Å². The molecule has 7 nitrogen and oxygen atoms in total. The van der Waals surface area contributed by atoms with Gasteiger partial charge in [-0.05, 0) is 86.4 Å². The van der Waals surface area contributed by atoms with Gasteiger partial charge < -0.3 is 10.6 Å². The summed E-state index contributed by atoms with van der Waals surface area (Å²) in [5, 5.41) is 7.38. The molecule has 1 aromatic rings. The number of carbonyl (C=O) groups excluding carboxylic acids is 1. The van der Waals surface area contributed by atoms with Gasteiger partial charge in [0.1, 0.15) is 11.4 Å². The maximum absolute atomic E-state index is 13.0. The Morgan fingerprint density at radius 2 is 1.74 bits per heavy atom. The summed E-state index contributed by atoms with van der Waals surface area (Å²) < 4.78 is 27.5. The molecule has 1 aromatic carbocycles. The van der Waals surface area contributed by atoms with Crippen LogP contribution < -0.4 is 10.6 Å². The number of amidine groups is 1. The van der Waals surface area contributed by atoms with Crippen molar-refractivity contribution in [3.05, 3.63) is 34.2 Å². The van der Waals surface area contributed by atoms with E-state index in [0.29, 0.717) is 25.9 Å². The molecule has 9 heteroatoms. The van der Waals surface area contributed by atoms with Gasteiger partial charge in [-0.25, -0.2) is 8.42 Å². The molecule has 0 atom stereocenters. The monoisotopic (exact) mass is 520 g/mol. The molecule has 1 saturated heterocycles. The molecule has 2 heterocycles. The first kappa shape index (κ1) is 27.7. The zero-order valence-electron chi connectivity index (χ0n) is 21.5. The molecule has 1 amide bonds. The van der Waals surface area contributed by atoms with E-state index in [4.69, 9.17) is 4.99 Å². The standard InChI is InChI=1S/C26H40N4O3S2/c1-20-18-22(27-3)19-21(2)23(20)11-17-35(32,33)30-14-12-26(13-15-30)25(31)28-24(29-26)10-8-6-5-7-9-16-34-4/h11,17-19,27H,5-10,12-16H2,1-4H3,(H,28,29,31)/b17-11+. The van der Waals surface area contributed by atoms with Crippen molar-refractivity contribution >= 4 is 45.3 Å². The lowest BCUT2D eigenvalue weighted by Crippen LogP contribution is -2.50. The molecule has 2 aliphatic rings. The van der Waals surface area contributed by atoms with Crippen LogP contribution in [0.2, 0.25) is 0 Å². The van der Waals surface area contributed by atoms with Gasteiger partial charge >= 0.3 is 0 Å². The Bertz CT molecular complexity index is 1040. The topological polar surface area (TPSA) is 90.9 Å². The second-order valence-corrected chi connectivity index (χ2v) is 12.4. The van der Waals surface area contributed by atoms with Crippen molar-refractivity contribution in [2.75, 3.05) is 37.5 Å².